The molecule has 0 aromatic rings. The third-order valence-corrected chi connectivity index (χ3v) is 13.4. The zero-order chi connectivity index (χ0) is 15.4. The van der Waals surface area contributed by atoms with Crippen LogP contribution >= 0.6 is 0 Å². The van der Waals surface area contributed by atoms with E-state index in [1.54, 1.807) is 38.5 Å². The van der Waals surface area contributed by atoms with E-state index < -0.39 is 0 Å². The second-order valence-electron chi connectivity index (χ2n) is 12.4. The summed E-state index contributed by atoms with van der Waals surface area (Å²) < 4.78 is 0. The van der Waals surface area contributed by atoms with Crippen LogP contribution in [-0.2, 0) is 0 Å². The maximum Gasteiger partial charge on any atom is -0.0133 e. The van der Waals surface area contributed by atoms with Crippen LogP contribution < -0.4 is 0 Å². The zero-order valence-corrected chi connectivity index (χ0v) is 15.4. The Labute approximate surface area is 141 Å². The summed E-state index contributed by atoms with van der Waals surface area (Å²) in [7, 11) is 0. The van der Waals surface area contributed by atoms with E-state index in [1.165, 1.54) is 17.8 Å². The lowest BCUT2D eigenvalue weighted by molar-refractivity contribution is -0.191. The molecule has 0 amide bonds. The Morgan fingerprint density at radius 2 is 1.57 bits per heavy atom. The van der Waals surface area contributed by atoms with E-state index in [1.807, 2.05) is 0 Å². The van der Waals surface area contributed by atoms with Gasteiger partial charge >= 0.3 is 0 Å². The monoisotopic (exact) mass is 308 g/mol. The van der Waals surface area contributed by atoms with Crippen molar-refractivity contribution < 1.29 is 0 Å². The second-order valence-corrected chi connectivity index (χ2v) is 12.4. The molecule has 0 saturated heterocycles. The van der Waals surface area contributed by atoms with Crippen molar-refractivity contribution in [3.05, 3.63) is 0 Å². The molecule has 8 fully saturated rings. The van der Waals surface area contributed by atoms with Crippen molar-refractivity contribution in [3.8, 4) is 0 Å². The summed E-state index contributed by atoms with van der Waals surface area (Å²) in [5, 5.41) is 0. The Morgan fingerprint density at radius 3 is 2.39 bits per heavy atom. The average molecular weight is 309 g/mol. The first kappa shape index (κ1) is 12.4. The quantitative estimate of drug-likeness (QED) is 0.564. The molecule has 13 unspecified atom stereocenters. The van der Waals surface area contributed by atoms with Gasteiger partial charge in [-0.05, 0) is 113 Å². The first-order chi connectivity index (χ1) is 10.9. The average Bonchev–Trinajstić information content (AvgIpc) is 2.95. The molecule has 7 bridgehead atoms. The summed E-state index contributed by atoms with van der Waals surface area (Å²) in [4.78, 5) is 0. The summed E-state index contributed by atoms with van der Waals surface area (Å²) in [5.74, 6) is 8.89. The van der Waals surface area contributed by atoms with Crippen molar-refractivity contribution in [1.29, 1.82) is 0 Å². The molecule has 4 spiro atoms. The van der Waals surface area contributed by atoms with Gasteiger partial charge in [0.05, 0.1) is 0 Å². The molecule has 0 aromatic heterocycles. The van der Waals surface area contributed by atoms with Crippen LogP contribution in [0.4, 0.5) is 0 Å². The summed E-state index contributed by atoms with van der Waals surface area (Å²) in [5.41, 5.74) is 4.25. The third kappa shape index (κ3) is 0.665. The molecule has 0 N–H and O–H groups in total. The minimum atomic E-state index is 0.819. The fourth-order valence-electron chi connectivity index (χ4n) is 13.9. The van der Waals surface area contributed by atoms with E-state index in [9.17, 15) is 0 Å². The maximum absolute atomic E-state index is 2.76. The molecule has 0 heterocycles. The molecule has 23 heavy (non-hydrogen) atoms. The molecule has 8 rings (SSSR count). The van der Waals surface area contributed by atoms with E-state index in [0.29, 0.717) is 0 Å². The van der Waals surface area contributed by atoms with Gasteiger partial charge < -0.3 is 0 Å². The SMILES string of the molecule is CC1CC2C34CC56C(C)C(C)CC37CC(C4C)C3C2(C1)C35CC76. The minimum Gasteiger partial charge on any atom is -0.0625 e. The molecule has 8 saturated carbocycles. The van der Waals surface area contributed by atoms with Crippen LogP contribution in [0.5, 0.6) is 0 Å². The molecule has 0 radical (unpaired) electrons. The first-order valence-electron chi connectivity index (χ1n) is 10.9. The predicted molar refractivity (Wildman–Crippen MR) is 90.5 cm³/mol. The van der Waals surface area contributed by atoms with E-state index in [0.717, 1.165) is 56.7 Å². The van der Waals surface area contributed by atoms with Gasteiger partial charge in [-0.25, -0.2) is 0 Å². The molecule has 124 valence electrons. The standard InChI is InChI=1S/C23H32/c1-11-5-16-20(6-11)18-15-8-19-7-12(2)13(3)22(10-21(16,19)14(15)4)17(19)9-23(18,20)22/h11-18H,5-10H2,1-4H3. The lowest BCUT2D eigenvalue weighted by atomic mass is 9.37. The van der Waals surface area contributed by atoms with Crippen molar-refractivity contribution in [2.45, 2.75) is 66.2 Å². The van der Waals surface area contributed by atoms with E-state index in [4.69, 9.17) is 0 Å². The van der Waals surface area contributed by atoms with Gasteiger partial charge in [0.1, 0.15) is 0 Å². The second kappa shape index (κ2) is 2.69. The van der Waals surface area contributed by atoms with Gasteiger partial charge in [0.2, 0.25) is 0 Å². The van der Waals surface area contributed by atoms with Crippen LogP contribution in [0.15, 0.2) is 0 Å². The van der Waals surface area contributed by atoms with Crippen molar-refractivity contribution in [2.24, 2.45) is 74.4 Å². The third-order valence-electron chi connectivity index (χ3n) is 13.4. The van der Waals surface area contributed by atoms with Gasteiger partial charge in [-0.15, -0.1) is 0 Å². The van der Waals surface area contributed by atoms with Crippen molar-refractivity contribution in [1.82, 2.24) is 0 Å². The molecule has 8 aliphatic carbocycles. The topological polar surface area (TPSA) is 0 Å². The Morgan fingerprint density at radius 1 is 0.739 bits per heavy atom. The Kier molecular flexibility index (Phi) is 1.45. The van der Waals surface area contributed by atoms with E-state index >= 15 is 0 Å². The van der Waals surface area contributed by atoms with Crippen LogP contribution in [0, 0.1) is 74.4 Å². The summed E-state index contributed by atoms with van der Waals surface area (Å²) in [6.07, 6.45) is 10.0. The maximum atomic E-state index is 2.76. The fraction of sp³-hybridized carbons (Fsp3) is 1.00. The number of hydrogen-bond donors (Lipinski definition) is 0. The highest BCUT2D eigenvalue weighted by Crippen LogP contribution is 3.12. The van der Waals surface area contributed by atoms with Gasteiger partial charge in [0.25, 0.3) is 0 Å². The van der Waals surface area contributed by atoms with Crippen molar-refractivity contribution in [2.75, 3.05) is 0 Å². The van der Waals surface area contributed by atoms with Gasteiger partial charge in [-0.3, -0.25) is 0 Å². The van der Waals surface area contributed by atoms with Gasteiger partial charge in [0, 0.05) is 0 Å². The number of fused-ring (bicyclic) bond motifs is 2. The lowest BCUT2D eigenvalue weighted by Gasteiger charge is -2.66. The fourth-order valence-corrected chi connectivity index (χ4v) is 13.9. The number of rotatable bonds is 0. The first-order valence-corrected chi connectivity index (χ1v) is 10.9. The normalized spacial score (nSPS) is 86.1. The molecule has 13 atom stereocenters. The zero-order valence-electron chi connectivity index (χ0n) is 15.4. The van der Waals surface area contributed by atoms with E-state index in [-0.39, 0.29) is 0 Å². The van der Waals surface area contributed by atoms with Crippen LogP contribution in [0.3, 0.4) is 0 Å². The highest BCUT2D eigenvalue weighted by molar-refractivity contribution is 5.54. The highest BCUT2D eigenvalue weighted by Gasteiger charge is 3.07. The van der Waals surface area contributed by atoms with Crippen molar-refractivity contribution in [3.63, 3.8) is 0 Å². The molecule has 0 aliphatic heterocycles. The molecular formula is C23H32. The Bertz CT molecular complexity index is 707. The van der Waals surface area contributed by atoms with Crippen molar-refractivity contribution >= 4 is 0 Å². The Balaban J connectivity index is 1.55. The van der Waals surface area contributed by atoms with Crippen LogP contribution in [0.2, 0.25) is 0 Å². The highest BCUT2D eigenvalue weighted by atomic mass is 15.1. The Hall–Kier alpha value is 0. The lowest BCUT2D eigenvalue weighted by Crippen LogP contribution is -2.61. The van der Waals surface area contributed by atoms with Gasteiger partial charge in [-0.1, -0.05) is 27.7 Å². The van der Waals surface area contributed by atoms with Crippen LogP contribution in [-0.4, -0.2) is 0 Å². The van der Waals surface area contributed by atoms with E-state index in [2.05, 4.69) is 27.7 Å². The molecular weight excluding hydrogens is 276 g/mol. The summed E-state index contributed by atoms with van der Waals surface area (Å²) in [6, 6.07) is 0. The molecule has 0 heteroatoms. The van der Waals surface area contributed by atoms with Gasteiger partial charge in [0.15, 0.2) is 0 Å². The molecule has 8 aliphatic rings. The smallest absolute Gasteiger partial charge is 0.0133 e. The molecule has 0 aromatic carbocycles. The predicted octanol–water partition coefficient (Wildman–Crippen LogP) is 5.38. The molecule has 0 nitrogen and oxygen atoms in total. The summed E-state index contributed by atoms with van der Waals surface area (Å²) >= 11 is 0. The van der Waals surface area contributed by atoms with Crippen LogP contribution in [0.1, 0.15) is 66.2 Å². The minimum absolute atomic E-state index is 0.819. The summed E-state index contributed by atoms with van der Waals surface area (Å²) in [6.45, 7) is 10.7. The van der Waals surface area contributed by atoms with Gasteiger partial charge in [-0.2, -0.15) is 0 Å². The largest absolute Gasteiger partial charge is 0.0625 e. The number of hydrogen-bond acceptors (Lipinski definition) is 0. The van der Waals surface area contributed by atoms with Crippen LogP contribution in [0.25, 0.3) is 0 Å².